The fourth-order valence-corrected chi connectivity index (χ4v) is 2.13. The molecule has 2 aromatic rings. The van der Waals surface area contributed by atoms with Crippen LogP contribution in [0.2, 0.25) is 0 Å². The SMILES string of the molecule is CC(C)(CCO)Nc1ccnc2cc(Br)cnc12. The van der Waals surface area contributed by atoms with Crippen molar-refractivity contribution in [1.82, 2.24) is 9.97 Å². The van der Waals surface area contributed by atoms with E-state index in [9.17, 15) is 0 Å². The zero-order valence-corrected chi connectivity index (χ0v) is 12.0. The van der Waals surface area contributed by atoms with Gasteiger partial charge in [-0.15, -0.1) is 0 Å². The van der Waals surface area contributed by atoms with E-state index < -0.39 is 0 Å². The van der Waals surface area contributed by atoms with Crippen molar-refractivity contribution in [3.8, 4) is 0 Å². The topological polar surface area (TPSA) is 58.0 Å². The first-order chi connectivity index (χ1) is 8.52. The summed E-state index contributed by atoms with van der Waals surface area (Å²) < 4.78 is 0.911. The first-order valence-corrected chi connectivity index (χ1v) is 6.60. The van der Waals surface area contributed by atoms with Crippen molar-refractivity contribution < 1.29 is 5.11 Å². The van der Waals surface area contributed by atoms with Crippen molar-refractivity contribution in [2.75, 3.05) is 11.9 Å². The van der Waals surface area contributed by atoms with Crippen LogP contribution in [0.5, 0.6) is 0 Å². The molecule has 4 nitrogen and oxygen atoms in total. The van der Waals surface area contributed by atoms with Crippen LogP contribution >= 0.6 is 15.9 Å². The molecule has 2 rings (SSSR count). The molecule has 5 heteroatoms. The van der Waals surface area contributed by atoms with Gasteiger partial charge >= 0.3 is 0 Å². The van der Waals surface area contributed by atoms with Gasteiger partial charge in [0.05, 0.1) is 11.2 Å². The Hall–Kier alpha value is -1.20. The predicted octanol–water partition coefficient (Wildman–Crippen LogP) is 2.97. The summed E-state index contributed by atoms with van der Waals surface area (Å²) in [5, 5.41) is 12.5. The van der Waals surface area contributed by atoms with Crippen LogP contribution in [0, 0.1) is 0 Å². The van der Waals surface area contributed by atoms with E-state index in [1.165, 1.54) is 0 Å². The van der Waals surface area contributed by atoms with Crippen LogP contribution in [-0.2, 0) is 0 Å². The first-order valence-electron chi connectivity index (χ1n) is 5.81. The molecule has 0 bridgehead atoms. The molecule has 0 unspecified atom stereocenters. The van der Waals surface area contributed by atoms with Gasteiger partial charge in [0.15, 0.2) is 0 Å². The van der Waals surface area contributed by atoms with Gasteiger partial charge in [-0.3, -0.25) is 9.97 Å². The lowest BCUT2D eigenvalue weighted by Crippen LogP contribution is -2.32. The Kier molecular flexibility index (Phi) is 3.82. The highest BCUT2D eigenvalue weighted by molar-refractivity contribution is 9.10. The van der Waals surface area contributed by atoms with Gasteiger partial charge in [0.1, 0.15) is 5.52 Å². The van der Waals surface area contributed by atoms with Gasteiger partial charge in [0.2, 0.25) is 0 Å². The second-order valence-electron chi connectivity index (χ2n) is 4.86. The molecule has 2 heterocycles. The second-order valence-corrected chi connectivity index (χ2v) is 5.78. The van der Waals surface area contributed by atoms with Gasteiger partial charge in [0, 0.05) is 29.0 Å². The van der Waals surface area contributed by atoms with E-state index in [2.05, 4.69) is 31.2 Å². The number of halogens is 1. The Morgan fingerprint density at radius 2 is 2.17 bits per heavy atom. The first kappa shape index (κ1) is 13.2. The number of pyridine rings is 2. The fourth-order valence-electron chi connectivity index (χ4n) is 1.81. The van der Waals surface area contributed by atoms with Crippen molar-refractivity contribution in [2.24, 2.45) is 0 Å². The Morgan fingerprint density at radius 1 is 1.39 bits per heavy atom. The minimum atomic E-state index is -0.183. The number of hydrogen-bond donors (Lipinski definition) is 2. The van der Waals surface area contributed by atoms with E-state index in [0.29, 0.717) is 6.42 Å². The number of nitrogens with one attached hydrogen (secondary N) is 1. The number of aliphatic hydroxyl groups excluding tert-OH is 1. The van der Waals surface area contributed by atoms with E-state index in [4.69, 9.17) is 5.11 Å². The summed E-state index contributed by atoms with van der Waals surface area (Å²) in [6.45, 7) is 4.25. The molecule has 2 N–H and O–H groups in total. The molecule has 0 atom stereocenters. The van der Waals surface area contributed by atoms with Crippen molar-refractivity contribution in [2.45, 2.75) is 25.8 Å². The molecule has 0 aliphatic carbocycles. The smallest absolute Gasteiger partial charge is 0.112 e. The summed E-state index contributed by atoms with van der Waals surface area (Å²) in [6, 6.07) is 3.84. The molecule has 0 aliphatic heterocycles. The number of fused-ring (bicyclic) bond motifs is 1. The molecule has 0 aliphatic rings. The van der Waals surface area contributed by atoms with Gasteiger partial charge < -0.3 is 10.4 Å². The van der Waals surface area contributed by atoms with Crippen molar-refractivity contribution >= 4 is 32.7 Å². The average molecular weight is 310 g/mol. The second kappa shape index (κ2) is 5.20. The quantitative estimate of drug-likeness (QED) is 0.911. The summed E-state index contributed by atoms with van der Waals surface area (Å²) in [4.78, 5) is 8.69. The number of anilines is 1. The molecule has 0 saturated carbocycles. The lowest BCUT2D eigenvalue weighted by molar-refractivity contribution is 0.261. The molecule has 2 aromatic heterocycles. The number of aliphatic hydroxyl groups is 1. The van der Waals surface area contributed by atoms with Crippen LogP contribution in [0.4, 0.5) is 5.69 Å². The van der Waals surface area contributed by atoms with Crippen LogP contribution in [0.25, 0.3) is 11.0 Å². The van der Waals surface area contributed by atoms with Crippen LogP contribution < -0.4 is 5.32 Å². The van der Waals surface area contributed by atoms with Gasteiger partial charge in [-0.25, -0.2) is 0 Å². The van der Waals surface area contributed by atoms with Crippen molar-refractivity contribution in [3.05, 3.63) is 29.0 Å². The van der Waals surface area contributed by atoms with E-state index in [0.717, 1.165) is 21.2 Å². The zero-order chi connectivity index (χ0) is 13.2. The molecule has 0 amide bonds. The van der Waals surface area contributed by atoms with Gasteiger partial charge in [-0.1, -0.05) is 0 Å². The number of rotatable bonds is 4. The monoisotopic (exact) mass is 309 g/mol. The molecule has 0 aromatic carbocycles. The molecule has 0 fully saturated rings. The van der Waals surface area contributed by atoms with Crippen molar-refractivity contribution in [3.63, 3.8) is 0 Å². The molecule has 96 valence electrons. The number of hydrogen-bond acceptors (Lipinski definition) is 4. The maximum absolute atomic E-state index is 9.06. The van der Waals surface area contributed by atoms with Crippen molar-refractivity contribution in [1.29, 1.82) is 0 Å². The number of aromatic nitrogens is 2. The Bertz CT molecular complexity index is 557. The molecule has 0 radical (unpaired) electrons. The van der Waals surface area contributed by atoms with E-state index in [1.807, 2.05) is 26.0 Å². The van der Waals surface area contributed by atoms with Gasteiger partial charge in [-0.05, 0) is 48.3 Å². The van der Waals surface area contributed by atoms with E-state index >= 15 is 0 Å². The maximum Gasteiger partial charge on any atom is 0.112 e. The summed E-state index contributed by atoms with van der Waals surface area (Å²) in [6.07, 6.45) is 4.19. The van der Waals surface area contributed by atoms with Crippen LogP contribution in [0.3, 0.4) is 0 Å². The highest BCUT2D eigenvalue weighted by atomic mass is 79.9. The molecular formula is C13H16BrN3O. The lowest BCUT2D eigenvalue weighted by atomic mass is 10.0. The average Bonchev–Trinajstić information content (AvgIpc) is 2.28. The highest BCUT2D eigenvalue weighted by Crippen LogP contribution is 2.25. The van der Waals surface area contributed by atoms with Crippen LogP contribution in [0.1, 0.15) is 20.3 Å². The van der Waals surface area contributed by atoms with E-state index in [-0.39, 0.29) is 12.1 Å². The Morgan fingerprint density at radius 3 is 2.89 bits per heavy atom. The Balaban J connectivity index is 2.39. The standard InChI is InChI=1S/C13H16BrN3O/c1-13(2,4-6-18)17-10-3-5-15-11-7-9(14)8-16-12(10)11/h3,5,7-8,18H,4,6H2,1-2H3,(H,15,17). The maximum atomic E-state index is 9.06. The third-order valence-electron chi connectivity index (χ3n) is 2.75. The van der Waals surface area contributed by atoms with Gasteiger partial charge in [-0.2, -0.15) is 0 Å². The third kappa shape index (κ3) is 2.97. The third-order valence-corrected chi connectivity index (χ3v) is 3.19. The summed E-state index contributed by atoms with van der Waals surface area (Å²) in [5.41, 5.74) is 2.43. The van der Waals surface area contributed by atoms with E-state index in [1.54, 1.807) is 12.4 Å². The fraction of sp³-hybridized carbons (Fsp3) is 0.385. The van der Waals surface area contributed by atoms with Crippen LogP contribution in [-0.4, -0.2) is 27.2 Å². The van der Waals surface area contributed by atoms with Crippen LogP contribution in [0.15, 0.2) is 29.0 Å². The summed E-state index contributed by atoms with van der Waals surface area (Å²) in [7, 11) is 0. The minimum absolute atomic E-state index is 0.155. The largest absolute Gasteiger partial charge is 0.396 e. The molecule has 0 spiro atoms. The highest BCUT2D eigenvalue weighted by Gasteiger charge is 2.18. The molecular weight excluding hydrogens is 294 g/mol. The normalized spacial score (nSPS) is 11.8. The zero-order valence-electron chi connectivity index (χ0n) is 10.4. The molecule has 18 heavy (non-hydrogen) atoms. The number of nitrogens with zero attached hydrogens (tertiary/aromatic N) is 2. The lowest BCUT2D eigenvalue weighted by Gasteiger charge is -2.27. The summed E-state index contributed by atoms with van der Waals surface area (Å²) in [5.74, 6) is 0. The van der Waals surface area contributed by atoms with Gasteiger partial charge in [0.25, 0.3) is 0 Å². The minimum Gasteiger partial charge on any atom is -0.396 e. The predicted molar refractivity (Wildman–Crippen MR) is 76.6 cm³/mol. The Labute approximate surface area is 115 Å². The summed E-state index contributed by atoms with van der Waals surface area (Å²) >= 11 is 3.39. The molecule has 0 saturated heterocycles.